The van der Waals surface area contributed by atoms with Crippen molar-refractivity contribution < 1.29 is 14.3 Å². The van der Waals surface area contributed by atoms with Gasteiger partial charge in [-0.15, -0.1) is 0 Å². The fraction of sp³-hybridized carbons (Fsp3) is 0.154. The maximum atomic E-state index is 12.5. The fourth-order valence-corrected chi connectivity index (χ4v) is 4.81. The maximum Gasteiger partial charge on any atom is 0.264 e. The highest BCUT2D eigenvalue weighted by Gasteiger charge is 2.24. The van der Waals surface area contributed by atoms with Gasteiger partial charge in [0.05, 0.1) is 27.7 Å². The van der Waals surface area contributed by atoms with E-state index in [1.165, 1.54) is 11.8 Å². The molecule has 1 N–H and O–H groups in total. The monoisotopic (exact) mass is 590 g/mol. The molecule has 5 nitrogen and oxygen atoms in total. The molecule has 35 heavy (non-hydrogen) atoms. The molecule has 1 fully saturated rings. The number of carbonyl (C=O) groups excluding carboxylic acids is 1. The lowest BCUT2D eigenvalue weighted by Gasteiger charge is -2.12. The molecule has 3 aromatic rings. The van der Waals surface area contributed by atoms with E-state index >= 15 is 0 Å². The first-order chi connectivity index (χ1) is 16.7. The van der Waals surface area contributed by atoms with Crippen molar-refractivity contribution in [1.29, 1.82) is 0 Å². The van der Waals surface area contributed by atoms with Crippen LogP contribution in [0.15, 0.2) is 62.9 Å². The minimum absolute atomic E-state index is 0.196. The molecule has 0 spiro atoms. The van der Waals surface area contributed by atoms with E-state index in [2.05, 4.69) is 26.2 Å². The number of amides is 1. The normalized spacial score (nSPS) is 15.5. The molecule has 0 bridgehead atoms. The predicted octanol–water partition coefficient (Wildman–Crippen LogP) is 7.85. The minimum Gasteiger partial charge on any atom is -0.493 e. The predicted molar refractivity (Wildman–Crippen MR) is 148 cm³/mol. The zero-order valence-corrected chi connectivity index (χ0v) is 23.0. The second kappa shape index (κ2) is 11.1. The molecule has 0 unspecified atom stereocenters. The second-order valence-electron chi connectivity index (χ2n) is 7.82. The van der Waals surface area contributed by atoms with Crippen LogP contribution in [0.2, 0.25) is 10.0 Å². The summed E-state index contributed by atoms with van der Waals surface area (Å²) in [4.78, 5) is 17.7. The van der Waals surface area contributed by atoms with E-state index in [1.54, 1.807) is 25.3 Å². The van der Waals surface area contributed by atoms with Crippen molar-refractivity contribution in [2.45, 2.75) is 20.5 Å². The van der Waals surface area contributed by atoms with Crippen molar-refractivity contribution in [3.05, 3.63) is 90.2 Å². The fourth-order valence-electron chi connectivity index (χ4n) is 3.42. The van der Waals surface area contributed by atoms with Gasteiger partial charge in [-0.25, -0.2) is 4.99 Å². The summed E-state index contributed by atoms with van der Waals surface area (Å²) >= 11 is 16.9. The van der Waals surface area contributed by atoms with Crippen LogP contribution in [0, 0.1) is 13.8 Å². The number of ether oxygens (including phenoxy) is 2. The van der Waals surface area contributed by atoms with Crippen LogP contribution >= 0.6 is 50.9 Å². The number of methoxy groups -OCH3 is 1. The Hall–Kier alpha value is -2.45. The number of rotatable bonds is 6. The highest BCUT2D eigenvalue weighted by atomic mass is 79.9. The number of hydrogen-bond acceptors (Lipinski definition) is 5. The first-order valence-electron chi connectivity index (χ1n) is 10.5. The zero-order chi connectivity index (χ0) is 25.1. The first kappa shape index (κ1) is 25.6. The van der Waals surface area contributed by atoms with E-state index in [1.807, 2.05) is 50.2 Å². The molecule has 1 saturated heterocycles. The van der Waals surface area contributed by atoms with Gasteiger partial charge in [0.2, 0.25) is 0 Å². The van der Waals surface area contributed by atoms with Gasteiger partial charge in [-0.3, -0.25) is 4.79 Å². The summed E-state index contributed by atoms with van der Waals surface area (Å²) in [7, 11) is 1.57. The standard InChI is InChI=1S/C26H21BrCl2N2O3S/c1-14-8-18(9-15(2)24(14)27)30-26-31-25(32)23(35-26)12-16-5-7-21(22(11-16)33-3)34-13-17-4-6-19(28)20(29)10-17/h4-12H,13H2,1-3H3,(H,30,31,32)/b23-12-. The van der Waals surface area contributed by atoms with Crippen molar-refractivity contribution in [1.82, 2.24) is 5.32 Å². The molecule has 3 aromatic carbocycles. The SMILES string of the molecule is COc1cc(/C=C2\SC(=Nc3cc(C)c(Br)c(C)c3)NC2=O)ccc1OCc1ccc(Cl)c(Cl)c1. The average molecular weight is 592 g/mol. The van der Waals surface area contributed by atoms with Crippen molar-refractivity contribution in [3.8, 4) is 11.5 Å². The third kappa shape index (κ3) is 6.22. The molecular weight excluding hydrogens is 571 g/mol. The lowest BCUT2D eigenvalue weighted by atomic mass is 10.1. The van der Waals surface area contributed by atoms with Crippen molar-refractivity contribution in [2.24, 2.45) is 4.99 Å². The highest BCUT2D eigenvalue weighted by Crippen LogP contribution is 2.34. The maximum absolute atomic E-state index is 12.5. The zero-order valence-electron chi connectivity index (χ0n) is 19.1. The van der Waals surface area contributed by atoms with E-state index in [0.717, 1.165) is 32.4 Å². The Bertz CT molecular complexity index is 1350. The van der Waals surface area contributed by atoms with E-state index in [9.17, 15) is 4.79 Å². The van der Waals surface area contributed by atoms with Crippen molar-refractivity contribution in [3.63, 3.8) is 0 Å². The van der Waals surface area contributed by atoms with Crippen LogP contribution in [0.5, 0.6) is 11.5 Å². The molecule has 0 saturated carbocycles. The summed E-state index contributed by atoms with van der Waals surface area (Å²) in [6.45, 7) is 4.33. The van der Waals surface area contributed by atoms with Gasteiger partial charge in [0.25, 0.3) is 5.91 Å². The Morgan fingerprint density at radius 2 is 1.77 bits per heavy atom. The third-order valence-electron chi connectivity index (χ3n) is 5.17. The molecule has 1 aliphatic heterocycles. The van der Waals surface area contributed by atoms with Crippen LogP contribution in [0.4, 0.5) is 5.69 Å². The summed E-state index contributed by atoms with van der Waals surface area (Å²) < 4.78 is 12.5. The molecule has 0 atom stereocenters. The number of carbonyl (C=O) groups is 1. The number of thioether (sulfide) groups is 1. The first-order valence-corrected chi connectivity index (χ1v) is 12.9. The molecule has 1 heterocycles. The number of benzene rings is 3. The molecule has 180 valence electrons. The van der Waals surface area contributed by atoms with Gasteiger partial charge >= 0.3 is 0 Å². The summed E-state index contributed by atoms with van der Waals surface area (Å²) in [6, 6.07) is 14.8. The number of amidine groups is 1. The second-order valence-corrected chi connectivity index (χ2v) is 10.5. The molecule has 0 radical (unpaired) electrons. The van der Waals surface area contributed by atoms with Crippen LogP contribution in [0.1, 0.15) is 22.3 Å². The quantitative estimate of drug-likeness (QED) is 0.296. The number of nitrogens with zero attached hydrogens (tertiary/aromatic N) is 1. The molecule has 1 aliphatic rings. The summed E-state index contributed by atoms with van der Waals surface area (Å²) in [5, 5.41) is 4.34. The van der Waals surface area contributed by atoms with Gasteiger partial charge in [0.1, 0.15) is 6.61 Å². The highest BCUT2D eigenvalue weighted by molar-refractivity contribution is 9.10. The number of halogens is 3. The van der Waals surface area contributed by atoms with Crippen molar-refractivity contribution in [2.75, 3.05) is 7.11 Å². The minimum atomic E-state index is -0.196. The molecular formula is C26H21BrCl2N2O3S. The summed E-state index contributed by atoms with van der Waals surface area (Å²) in [5.41, 5.74) is 4.65. The van der Waals surface area contributed by atoms with Crippen LogP contribution in [0.3, 0.4) is 0 Å². The van der Waals surface area contributed by atoms with Crippen LogP contribution < -0.4 is 14.8 Å². The Morgan fingerprint density at radius 3 is 2.46 bits per heavy atom. The number of nitrogens with one attached hydrogen (secondary N) is 1. The number of aryl methyl sites for hydroxylation is 2. The van der Waals surface area contributed by atoms with Crippen LogP contribution in [-0.4, -0.2) is 18.2 Å². The van der Waals surface area contributed by atoms with Gasteiger partial charge in [-0.1, -0.05) is 51.3 Å². The Morgan fingerprint density at radius 1 is 1.03 bits per heavy atom. The molecule has 0 aromatic heterocycles. The number of hydrogen-bond donors (Lipinski definition) is 1. The van der Waals surface area contributed by atoms with Gasteiger partial charge in [0, 0.05) is 4.47 Å². The summed E-state index contributed by atoms with van der Waals surface area (Å²) in [5.74, 6) is 0.934. The van der Waals surface area contributed by atoms with Gasteiger partial charge in [-0.2, -0.15) is 0 Å². The Labute approximate surface area is 226 Å². The summed E-state index contributed by atoms with van der Waals surface area (Å²) in [6.07, 6.45) is 1.80. The molecule has 4 rings (SSSR count). The van der Waals surface area contributed by atoms with E-state index in [-0.39, 0.29) is 5.91 Å². The largest absolute Gasteiger partial charge is 0.493 e. The molecule has 0 aliphatic carbocycles. The van der Waals surface area contributed by atoms with Gasteiger partial charge in [-0.05, 0) is 90.3 Å². The van der Waals surface area contributed by atoms with Crippen molar-refractivity contribution >= 4 is 73.7 Å². The van der Waals surface area contributed by atoms with E-state index < -0.39 is 0 Å². The lowest BCUT2D eigenvalue weighted by Crippen LogP contribution is -2.19. The van der Waals surface area contributed by atoms with E-state index in [0.29, 0.717) is 38.2 Å². The van der Waals surface area contributed by atoms with E-state index in [4.69, 9.17) is 32.7 Å². The third-order valence-corrected chi connectivity index (χ3v) is 8.07. The molecule has 9 heteroatoms. The number of aliphatic imine (C=N–C) groups is 1. The Balaban J connectivity index is 1.50. The smallest absolute Gasteiger partial charge is 0.264 e. The Kier molecular flexibility index (Phi) is 8.12. The topological polar surface area (TPSA) is 59.9 Å². The average Bonchev–Trinajstić information content (AvgIpc) is 3.16. The van der Waals surface area contributed by atoms with Crippen LogP contribution in [-0.2, 0) is 11.4 Å². The lowest BCUT2D eigenvalue weighted by molar-refractivity contribution is -0.115. The molecule has 1 amide bonds. The van der Waals surface area contributed by atoms with Gasteiger partial charge in [0.15, 0.2) is 16.7 Å². The van der Waals surface area contributed by atoms with Gasteiger partial charge < -0.3 is 14.8 Å². The van der Waals surface area contributed by atoms with Crippen LogP contribution in [0.25, 0.3) is 6.08 Å².